The Kier molecular flexibility index (Phi) is 3.42. The van der Waals surface area contributed by atoms with Crippen LogP contribution in [0.1, 0.15) is 18.5 Å². The number of carbonyl (C=O) groups excluding carboxylic acids is 2. The number of amides is 3. The molecule has 4 rings (SSSR count). The lowest BCUT2D eigenvalue weighted by atomic mass is 9.79. The van der Waals surface area contributed by atoms with Gasteiger partial charge in [-0.3, -0.25) is 9.69 Å². The first-order valence-electron chi connectivity index (χ1n) is 8.19. The molecule has 2 aliphatic heterocycles. The van der Waals surface area contributed by atoms with Gasteiger partial charge in [0.1, 0.15) is 11.7 Å². The molecule has 2 N–H and O–H groups in total. The molecular formula is C19H19N3O3. The van der Waals surface area contributed by atoms with Gasteiger partial charge in [-0.05, 0) is 25.1 Å². The van der Waals surface area contributed by atoms with E-state index in [1.807, 2.05) is 54.6 Å². The Bertz CT molecular complexity index is 839. The van der Waals surface area contributed by atoms with Gasteiger partial charge in [-0.15, -0.1) is 0 Å². The Morgan fingerprint density at radius 1 is 1.16 bits per heavy atom. The predicted molar refractivity (Wildman–Crippen MR) is 93.1 cm³/mol. The number of rotatable bonds is 2. The van der Waals surface area contributed by atoms with Crippen molar-refractivity contribution in [2.45, 2.75) is 18.7 Å². The van der Waals surface area contributed by atoms with Gasteiger partial charge >= 0.3 is 6.03 Å². The molecule has 0 radical (unpaired) electrons. The van der Waals surface area contributed by atoms with Gasteiger partial charge < -0.3 is 15.4 Å². The summed E-state index contributed by atoms with van der Waals surface area (Å²) in [7, 11) is 1.64. The average Bonchev–Trinajstić information content (AvgIpc) is 2.60. The molecule has 0 aliphatic carbocycles. The number of anilines is 1. The van der Waals surface area contributed by atoms with Gasteiger partial charge in [-0.25, -0.2) is 4.79 Å². The summed E-state index contributed by atoms with van der Waals surface area (Å²) in [6.45, 7) is 1.78. The third kappa shape index (κ3) is 2.33. The molecule has 2 heterocycles. The van der Waals surface area contributed by atoms with E-state index in [1.54, 1.807) is 14.0 Å². The molecule has 2 aromatic rings. The van der Waals surface area contributed by atoms with Crippen LogP contribution in [0.25, 0.3) is 0 Å². The lowest BCUT2D eigenvalue weighted by molar-refractivity contribution is -0.150. The van der Waals surface area contributed by atoms with E-state index in [0.29, 0.717) is 11.4 Å². The van der Waals surface area contributed by atoms with Crippen molar-refractivity contribution in [2.75, 3.05) is 12.4 Å². The van der Waals surface area contributed by atoms with Crippen LogP contribution in [0.2, 0.25) is 0 Å². The molecule has 2 bridgehead atoms. The number of fused-ring (bicyclic) bond motifs is 4. The van der Waals surface area contributed by atoms with Gasteiger partial charge in [-0.1, -0.05) is 36.4 Å². The number of nitrogens with zero attached hydrogens (tertiary/aromatic N) is 1. The minimum absolute atomic E-state index is 0.194. The molecule has 1 saturated heterocycles. The van der Waals surface area contributed by atoms with E-state index in [-0.39, 0.29) is 11.9 Å². The molecule has 6 nitrogen and oxygen atoms in total. The topological polar surface area (TPSA) is 70.7 Å². The van der Waals surface area contributed by atoms with E-state index in [9.17, 15) is 9.59 Å². The molecule has 1 fully saturated rings. The van der Waals surface area contributed by atoms with Crippen molar-refractivity contribution in [3.8, 4) is 5.75 Å². The quantitative estimate of drug-likeness (QED) is 0.885. The van der Waals surface area contributed by atoms with Crippen LogP contribution in [-0.4, -0.2) is 29.6 Å². The minimum Gasteiger partial charge on any atom is -0.467 e. The summed E-state index contributed by atoms with van der Waals surface area (Å²) in [5, 5.41) is 5.88. The smallest absolute Gasteiger partial charge is 0.320 e. The third-order valence-electron chi connectivity index (χ3n) is 5.05. The molecule has 2 aromatic carbocycles. The molecular weight excluding hydrogens is 318 g/mol. The van der Waals surface area contributed by atoms with Crippen LogP contribution in [0.3, 0.4) is 0 Å². The Balaban J connectivity index is 1.76. The first-order chi connectivity index (χ1) is 12.0. The van der Waals surface area contributed by atoms with E-state index < -0.39 is 17.7 Å². The Morgan fingerprint density at radius 2 is 1.84 bits per heavy atom. The van der Waals surface area contributed by atoms with Crippen molar-refractivity contribution in [1.29, 1.82) is 0 Å². The Morgan fingerprint density at radius 3 is 2.60 bits per heavy atom. The number of nitrogens with one attached hydrogen (secondary N) is 2. The van der Waals surface area contributed by atoms with Crippen molar-refractivity contribution < 1.29 is 14.3 Å². The van der Waals surface area contributed by atoms with Crippen molar-refractivity contribution in [2.24, 2.45) is 5.92 Å². The number of benzene rings is 2. The fourth-order valence-electron chi connectivity index (χ4n) is 3.61. The molecule has 2 aliphatic rings. The van der Waals surface area contributed by atoms with E-state index in [2.05, 4.69) is 10.6 Å². The van der Waals surface area contributed by atoms with Crippen LogP contribution < -0.4 is 15.4 Å². The second-order valence-corrected chi connectivity index (χ2v) is 6.51. The van der Waals surface area contributed by atoms with E-state index in [4.69, 9.17) is 4.74 Å². The normalized spacial score (nSPS) is 27.0. The fraction of sp³-hybridized carbons (Fsp3) is 0.263. The predicted octanol–water partition coefficient (Wildman–Crippen LogP) is 2.75. The van der Waals surface area contributed by atoms with E-state index in [0.717, 1.165) is 5.56 Å². The highest BCUT2D eigenvalue weighted by atomic mass is 16.5. The maximum Gasteiger partial charge on any atom is 0.320 e. The molecule has 3 unspecified atom stereocenters. The van der Waals surface area contributed by atoms with Gasteiger partial charge in [0.15, 0.2) is 5.72 Å². The zero-order valence-electron chi connectivity index (χ0n) is 14.0. The van der Waals surface area contributed by atoms with Crippen molar-refractivity contribution in [3.05, 3.63) is 60.2 Å². The highest BCUT2D eigenvalue weighted by molar-refractivity contribution is 5.96. The number of hydrogen-bond acceptors (Lipinski definition) is 3. The standard InChI is InChI=1S/C19H19N3O3/c1-19-15(17(23)20-12-8-4-3-5-9-12)16(21-18(24)22(19)2)13-10-6-7-11-14(13)25-19/h3-11,15-16H,1-2H3,(H,20,23)(H,21,24). The van der Waals surface area contributed by atoms with E-state index >= 15 is 0 Å². The monoisotopic (exact) mass is 337 g/mol. The molecule has 6 heteroatoms. The summed E-state index contributed by atoms with van der Waals surface area (Å²) in [6.07, 6.45) is 0. The zero-order chi connectivity index (χ0) is 17.6. The molecule has 25 heavy (non-hydrogen) atoms. The highest BCUT2D eigenvalue weighted by Gasteiger charge is 2.58. The summed E-state index contributed by atoms with van der Waals surface area (Å²) in [5.74, 6) is -0.101. The third-order valence-corrected chi connectivity index (χ3v) is 5.05. The summed E-state index contributed by atoms with van der Waals surface area (Å²) >= 11 is 0. The van der Waals surface area contributed by atoms with Crippen LogP contribution >= 0.6 is 0 Å². The number of carbonyl (C=O) groups is 2. The second-order valence-electron chi connectivity index (χ2n) is 6.51. The maximum absolute atomic E-state index is 13.1. The van der Waals surface area contributed by atoms with Crippen LogP contribution in [0.4, 0.5) is 10.5 Å². The van der Waals surface area contributed by atoms with Gasteiger partial charge in [0.25, 0.3) is 0 Å². The maximum atomic E-state index is 13.1. The SMILES string of the molecule is CN1C(=O)NC2c3ccccc3OC1(C)C2C(=O)Nc1ccccc1. The molecule has 0 aromatic heterocycles. The first-order valence-corrected chi connectivity index (χ1v) is 8.19. The summed E-state index contributed by atoms with van der Waals surface area (Å²) < 4.78 is 6.15. The first kappa shape index (κ1) is 15.5. The van der Waals surface area contributed by atoms with Gasteiger partial charge in [0.05, 0.1) is 6.04 Å². The highest BCUT2D eigenvalue weighted by Crippen LogP contribution is 2.47. The number of ether oxygens (including phenoxy) is 1. The largest absolute Gasteiger partial charge is 0.467 e. The van der Waals surface area contributed by atoms with Crippen LogP contribution in [0.15, 0.2) is 54.6 Å². The van der Waals surface area contributed by atoms with Crippen molar-refractivity contribution in [3.63, 3.8) is 0 Å². The summed E-state index contributed by atoms with van der Waals surface area (Å²) in [4.78, 5) is 26.9. The summed E-state index contributed by atoms with van der Waals surface area (Å²) in [6, 6.07) is 16.1. The van der Waals surface area contributed by atoms with Gasteiger partial charge in [0, 0.05) is 18.3 Å². The van der Waals surface area contributed by atoms with Crippen molar-refractivity contribution >= 4 is 17.6 Å². The Labute approximate surface area is 145 Å². The van der Waals surface area contributed by atoms with Gasteiger partial charge in [0.2, 0.25) is 5.91 Å². The fourth-order valence-corrected chi connectivity index (χ4v) is 3.61. The van der Waals surface area contributed by atoms with Gasteiger partial charge in [-0.2, -0.15) is 0 Å². The Hall–Kier alpha value is -3.02. The number of urea groups is 1. The second kappa shape index (κ2) is 5.51. The summed E-state index contributed by atoms with van der Waals surface area (Å²) in [5.41, 5.74) is 0.455. The van der Waals surface area contributed by atoms with Crippen LogP contribution in [0, 0.1) is 5.92 Å². The van der Waals surface area contributed by atoms with Crippen LogP contribution in [0.5, 0.6) is 5.75 Å². The lowest BCUT2D eigenvalue weighted by Gasteiger charge is -2.53. The molecule has 128 valence electrons. The molecule has 3 amide bonds. The van der Waals surface area contributed by atoms with Crippen molar-refractivity contribution in [1.82, 2.24) is 10.2 Å². The molecule has 0 saturated carbocycles. The van der Waals surface area contributed by atoms with Crippen LogP contribution in [-0.2, 0) is 4.79 Å². The number of hydrogen-bond donors (Lipinski definition) is 2. The zero-order valence-corrected chi connectivity index (χ0v) is 14.0. The minimum atomic E-state index is -1.07. The number of para-hydroxylation sites is 2. The molecule has 3 atom stereocenters. The lowest BCUT2D eigenvalue weighted by Crippen LogP contribution is -2.70. The molecule has 0 spiro atoms. The van der Waals surface area contributed by atoms with E-state index in [1.165, 1.54) is 4.90 Å². The average molecular weight is 337 g/mol.